The number of anilines is 1. The summed E-state index contributed by atoms with van der Waals surface area (Å²) in [5.74, 6) is 0.549. The van der Waals surface area contributed by atoms with E-state index >= 15 is 0 Å². The number of amides is 1. The molecule has 0 aliphatic rings. The second-order valence-electron chi connectivity index (χ2n) is 7.94. The molecule has 0 aliphatic carbocycles. The molecular formula is C28H24N4O2. The fourth-order valence-corrected chi connectivity index (χ4v) is 3.88. The Morgan fingerprint density at radius 3 is 2.41 bits per heavy atom. The van der Waals surface area contributed by atoms with Crippen LogP contribution in [0.5, 0.6) is 6.01 Å². The molecule has 0 saturated heterocycles. The van der Waals surface area contributed by atoms with Gasteiger partial charge in [-0.05, 0) is 66.6 Å². The number of ether oxygens (including phenoxy) is 1. The zero-order valence-electron chi connectivity index (χ0n) is 19.0. The van der Waals surface area contributed by atoms with Crippen molar-refractivity contribution in [2.75, 3.05) is 11.9 Å². The Morgan fingerprint density at radius 1 is 0.912 bits per heavy atom. The molecule has 6 heteroatoms. The molecule has 0 bridgehead atoms. The van der Waals surface area contributed by atoms with E-state index in [1.807, 2.05) is 105 Å². The number of nitrogens with one attached hydrogen (secondary N) is 1. The summed E-state index contributed by atoms with van der Waals surface area (Å²) in [6.45, 7) is 4.43. The van der Waals surface area contributed by atoms with Gasteiger partial charge in [0.2, 0.25) is 0 Å². The number of fused-ring (bicyclic) bond motifs is 1. The van der Waals surface area contributed by atoms with E-state index in [9.17, 15) is 4.79 Å². The summed E-state index contributed by atoms with van der Waals surface area (Å²) in [5, 5.41) is 9.66. The Kier molecular flexibility index (Phi) is 5.79. The van der Waals surface area contributed by atoms with Crippen LogP contribution < -0.4 is 10.1 Å². The molecule has 6 nitrogen and oxygen atoms in total. The predicted octanol–water partition coefficient (Wildman–Crippen LogP) is 6.05. The second kappa shape index (κ2) is 9.19. The zero-order chi connectivity index (χ0) is 23.5. The first-order valence-corrected chi connectivity index (χ1v) is 11.2. The highest BCUT2D eigenvalue weighted by Gasteiger charge is 2.16. The fourth-order valence-electron chi connectivity index (χ4n) is 3.88. The van der Waals surface area contributed by atoms with Crippen LogP contribution in [0.4, 0.5) is 5.69 Å². The van der Waals surface area contributed by atoms with Crippen molar-refractivity contribution in [2.24, 2.45) is 0 Å². The summed E-state index contributed by atoms with van der Waals surface area (Å²) < 4.78 is 7.33. The lowest BCUT2D eigenvalue weighted by atomic mass is 10.1. The van der Waals surface area contributed by atoms with Crippen LogP contribution in [0.15, 0.2) is 91.0 Å². The first-order valence-electron chi connectivity index (χ1n) is 11.2. The molecule has 1 aromatic heterocycles. The van der Waals surface area contributed by atoms with Gasteiger partial charge in [-0.2, -0.15) is 4.98 Å². The normalized spacial score (nSPS) is 10.9. The molecule has 1 heterocycles. The lowest BCUT2D eigenvalue weighted by molar-refractivity contribution is 0.102. The number of hydrogen-bond donors (Lipinski definition) is 1. The number of carbonyl (C=O) groups excluding carboxylic acids is 1. The predicted molar refractivity (Wildman–Crippen MR) is 135 cm³/mol. The average molecular weight is 449 g/mol. The molecule has 0 aliphatic heterocycles. The molecule has 0 unspecified atom stereocenters. The lowest BCUT2D eigenvalue weighted by Crippen LogP contribution is -2.11. The zero-order valence-corrected chi connectivity index (χ0v) is 19.0. The van der Waals surface area contributed by atoms with Crippen molar-refractivity contribution in [3.63, 3.8) is 0 Å². The van der Waals surface area contributed by atoms with Crippen LogP contribution in [-0.2, 0) is 0 Å². The molecule has 0 radical (unpaired) electrons. The van der Waals surface area contributed by atoms with E-state index in [0.717, 1.165) is 27.6 Å². The van der Waals surface area contributed by atoms with Crippen LogP contribution >= 0.6 is 0 Å². The summed E-state index contributed by atoms with van der Waals surface area (Å²) in [7, 11) is 0. The van der Waals surface area contributed by atoms with Crippen molar-refractivity contribution >= 4 is 22.4 Å². The van der Waals surface area contributed by atoms with E-state index in [4.69, 9.17) is 4.74 Å². The Morgan fingerprint density at radius 2 is 1.65 bits per heavy atom. The third-order valence-electron chi connectivity index (χ3n) is 5.63. The summed E-state index contributed by atoms with van der Waals surface area (Å²) in [5.41, 5.74) is 4.21. The van der Waals surface area contributed by atoms with E-state index in [2.05, 4.69) is 15.4 Å². The first-order chi connectivity index (χ1) is 16.6. The topological polar surface area (TPSA) is 69.0 Å². The molecule has 4 aromatic carbocycles. The minimum atomic E-state index is -0.154. The number of carbonyl (C=O) groups is 1. The Bertz CT molecular complexity index is 1470. The molecule has 5 aromatic rings. The number of hydrogen-bond acceptors (Lipinski definition) is 4. The van der Waals surface area contributed by atoms with Gasteiger partial charge >= 0.3 is 6.01 Å². The number of aryl methyl sites for hydroxylation is 1. The van der Waals surface area contributed by atoms with Crippen molar-refractivity contribution in [1.29, 1.82) is 0 Å². The van der Waals surface area contributed by atoms with Crippen molar-refractivity contribution < 1.29 is 9.53 Å². The van der Waals surface area contributed by atoms with E-state index in [-0.39, 0.29) is 5.91 Å². The summed E-state index contributed by atoms with van der Waals surface area (Å²) in [4.78, 5) is 17.4. The van der Waals surface area contributed by atoms with Gasteiger partial charge in [-0.15, -0.1) is 5.10 Å². The maximum Gasteiger partial charge on any atom is 0.336 e. The first kappa shape index (κ1) is 21.4. The van der Waals surface area contributed by atoms with Crippen molar-refractivity contribution in [3.8, 4) is 23.1 Å². The summed E-state index contributed by atoms with van der Waals surface area (Å²) in [6.07, 6.45) is 0. The van der Waals surface area contributed by atoms with E-state index in [1.165, 1.54) is 0 Å². The monoisotopic (exact) mass is 448 g/mol. The van der Waals surface area contributed by atoms with Gasteiger partial charge in [0.1, 0.15) is 0 Å². The van der Waals surface area contributed by atoms with Crippen molar-refractivity contribution in [3.05, 3.63) is 102 Å². The van der Waals surface area contributed by atoms with Crippen LogP contribution in [0.25, 0.3) is 27.8 Å². The van der Waals surface area contributed by atoms with Crippen LogP contribution in [0.3, 0.4) is 0 Å². The SMILES string of the molecule is CCOc1nc(-c2ccccc2C)n(-c2ccc(NC(=O)c3ccc4ccccc4c3)cc2)n1. The number of aromatic nitrogens is 3. The Hall–Kier alpha value is -4.45. The highest BCUT2D eigenvalue weighted by molar-refractivity contribution is 6.06. The largest absolute Gasteiger partial charge is 0.463 e. The van der Waals surface area contributed by atoms with Gasteiger partial charge in [0.25, 0.3) is 5.91 Å². The molecular weight excluding hydrogens is 424 g/mol. The van der Waals surface area contributed by atoms with Gasteiger partial charge in [0, 0.05) is 16.8 Å². The molecule has 0 saturated carbocycles. The van der Waals surface area contributed by atoms with E-state index in [0.29, 0.717) is 29.7 Å². The number of rotatable bonds is 6. The highest BCUT2D eigenvalue weighted by Crippen LogP contribution is 2.27. The van der Waals surface area contributed by atoms with Gasteiger partial charge in [-0.3, -0.25) is 4.79 Å². The van der Waals surface area contributed by atoms with Gasteiger partial charge in [0.05, 0.1) is 12.3 Å². The maximum atomic E-state index is 12.8. The van der Waals surface area contributed by atoms with Crippen LogP contribution in [0, 0.1) is 6.92 Å². The number of benzene rings is 4. The highest BCUT2D eigenvalue weighted by atomic mass is 16.5. The minimum absolute atomic E-state index is 0.154. The smallest absolute Gasteiger partial charge is 0.336 e. The molecule has 5 rings (SSSR count). The molecule has 0 fully saturated rings. The van der Waals surface area contributed by atoms with Crippen LogP contribution in [0.2, 0.25) is 0 Å². The quantitative estimate of drug-likeness (QED) is 0.343. The van der Waals surface area contributed by atoms with Gasteiger partial charge in [-0.25, -0.2) is 4.68 Å². The average Bonchev–Trinajstić information content (AvgIpc) is 3.28. The maximum absolute atomic E-state index is 12.8. The molecule has 0 spiro atoms. The second-order valence-corrected chi connectivity index (χ2v) is 7.94. The Balaban J connectivity index is 1.41. The van der Waals surface area contributed by atoms with Gasteiger partial charge in [-0.1, -0.05) is 54.6 Å². The third-order valence-corrected chi connectivity index (χ3v) is 5.63. The fraction of sp³-hybridized carbons (Fsp3) is 0.107. The molecule has 0 atom stereocenters. The van der Waals surface area contributed by atoms with Crippen molar-refractivity contribution in [2.45, 2.75) is 13.8 Å². The summed E-state index contributed by atoms with van der Waals surface area (Å²) >= 11 is 0. The number of nitrogens with zero attached hydrogens (tertiary/aromatic N) is 3. The van der Waals surface area contributed by atoms with Gasteiger partial charge in [0.15, 0.2) is 5.82 Å². The van der Waals surface area contributed by atoms with E-state index in [1.54, 1.807) is 4.68 Å². The van der Waals surface area contributed by atoms with Crippen LogP contribution in [-0.4, -0.2) is 27.3 Å². The van der Waals surface area contributed by atoms with Crippen LogP contribution in [0.1, 0.15) is 22.8 Å². The summed E-state index contributed by atoms with van der Waals surface area (Å²) in [6, 6.07) is 29.6. The van der Waals surface area contributed by atoms with Gasteiger partial charge < -0.3 is 10.1 Å². The molecule has 1 N–H and O–H groups in total. The van der Waals surface area contributed by atoms with E-state index < -0.39 is 0 Å². The minimum Gasteiger partial charge on any atom is -0.463 e. The molecule has 1 amide bonds. The Labute approximate surface area is 197 Å². The molecule has 168 valence electrons. The standard InChI is InChI=1S/C28H24N4O2/c1-3-34-28-30-26(25-11-7-4-8-19(25)2)32(31-28)24-16-14-23(15-17-24)29-27(33)22-13-12-20-9-5-6-10-21(20)18-22/h4-18H,3H2,1-2H3,(H,29,33). The van der Waals surface area contributed by atoms with Crippen molar-refractivity contribution in [1.82, 2.24) is 14.8 Å². The molecule has 34 heavy (non-hydrogen) atoms. The lowest BCUT2D eigenvalue weighted by Gasteiger charge is -2.10. The third kappa shape index (κ3) is 4.26.